The Labute approximate surface area is 152 Å². The summed E-state index contributed by atoms with van der Waals surface area (Å²) in [6, 6.07) is -0.417. The molecule has 0 aromatic carbocycles. The van der Waals surface area contributed by atoms with Crippen LogP contribution in [0.3, 0.4) is 0 Å². The molecule has 0 aliphatic carbocycles. The Kier molecular flexibility index (Phi) is 15.3. The van der Waals surface area contributed by atoms with E-state index in [2.05, 4.69) is 10.3 Å². The van der Waals surface area contributed by atoms with E-state index in [4.69, 9.17) is 0 Å². The van der Waals surface area contributed by atoms with E-state index < -0.39 is 6.04 Å². The van der Waals surface area contributed by atoms with Crippen molar-refractivity contribution in [3.05, 3.63) is 23.4 Å². The van der Waals surface area contributed by atoms with Gasteiger partial charge in [-0.05, 0) is 19.8 Å². The zero-order chi connectivity index (χ0) is 19.8. The van der Waals surface area contributed by atoms with Crippen molar-refractivity contribution in [2.24, 2.45) is 4.99 Å². The van der Waals surface area contributed by atoms with Gasteiger partial charge in [0.2, 0.25) is 11.8 Å². The Balaban J connectivity index is 0. The summed E-state index contributed by atoms with van der Waals surface area (Å²) in [4.78, 5) is 39.8. The molecule has 0 aromatic heterocycles. The third-order valence-corrected chi connectivity index (χ3v) is 3.21. The predicted octanol–water partition coefficient (Wildman–Crippen LogP) is 3.24. The van der Waals surface area contributed by atoms with Crippen LogP contribution in [0, 0.1) is 0 Å². The molecule has 0 saturated carbocycles. The quantitative estimate of drug-likeness (QED) is 0.199. The van der Waals surface area contributed by atoms with Gasteiger partial charge in [0.15, 0.2) is 6.29 Å². The number of piperidine rings is 1. The fourth-order valence-electron chi connectivity index (χ4n) is 2.02. The van der Waals surface area contributed by atoms with Crippen molar-refractivity contribution < 1.29 is 14.4 Å². The number of imide groups is 1. The number of carbonyl (C=O) groups is 3. The van der Waals surface area contributed by atoms with Gasteiger partial charge in [0.1, 0.15) is 6.04 Å². The van der Waals surface area contributed by atoms with Crippen LogP contribution in [0.15, 0.2) is 28.4 Å². The molecule has 6 heteroatoms. The number of amides is 2. The maximum absolute atomic E-state index is 11.7. The zero-order valence-electron chi connectivity index (χ0n) is 16.6. The van der Waals surface area contributed by atoms with E-state index in [-0.39, 0.29) is 11.8 Å². The van der Waals surface area contributed by atoms with E-state index in [1.54, 1.807) is 24.9 Å². The highest BCUT2D eigenvalue weighted by molar-refractivity contribution is 6.01. The van der Waals surface area contributed by atoms with Crippen LogP contribution in [0.4, 0.5) is 0 Å². The van der Waals surface area contributed by atoms with Crippen LogP contribution in [0.25, 0.3) is 0 Å². The van der Waals surface area contributed by atoms with Gasteiger partial charge in [-0.1, -0.05) is 46.8 Å². The second kappa shape index (κ2) is 15.3. The molecule has 0 spiro atoms. The summed E-state index contributed by atoms with van der Waals surface area (Å²) in [5.74, 6) is -0.562. The molecule has 1 N–H and O–H groups in total. The summed E-state index contributed by atoms with van der Waals surface area (Å²) in [6.45, 7) is 11.7. The Morgan fingerprint density at radius 1 is 1.28 bits per heavy atom. The van der Waals surface area contributed by atoms with Crippen molar-refractivity contribution in [3.8, 4) is 0 Å². The molecule has 1 aliphatic rings. The highest BCUT2D eigenvalue weighted by atomic mass is 16.2. The lowest BCUT2D eigenvalue weighted by atomic mass is 10.1. The number of nitrogens with one attached hydrogen (secondary N) is 1. The number of carbonyl (C=O) groups excluding carboxylic acids is 3. The molecule has 1 atom stereocenters. The molecule has 6 nitrogen and oxygen atoms in total. The molecular formula is C19H33N3O3. The van der Waals surface area contributed by atoms with Crippen LogP contribution < -0.4 is 5.32 Å². The largest absolute Gasteiger partial charge is 0.354 e. The van der Waals surface area contributed by atoms with E-state index in [1.807, 2.05) is 40.7 Å². The molecule has 1 unspecified atom stereocenters. The lowest BCUT2D eigenvalue weighted by molar-refractivity contribution is -0.136. The third kappa shape index (κ3) is 8.98. The van der Waals surface area contributed by atoms with Crippen molar-refractivity contribution >= 4 is 24.4 Å². The van der Waals surface area contributed by atoms with Crippen molar-refractivity contribution in [1.82, 2.24) is 10.2 Å². The number of aldehydes is 1. The molecule has 142 valence electrons. The van der Waals surface area contributed by atoms with E-state index in [1.165, 1.54) is 6.34 Å². The SMILES string of the molecule is C/C=C(C=O)\C(=C/CC)N=CN(C)C1CCC(=O)NC1=O.CC.CC. The summed E-state index contributed by atoms with van der Waals surface area (Å²) in [7, 11) is 1.73. The minimum absolute atomic E-state index is 0.245. The molecule has 1 heterocycles. The van der Waals surface area contributed by atoms with Crippen LogP contribution >= 0.6 is 0 Å². The first-order valence-corrected chi connectivity index (χ1v) is 8.95. The topological polar surface area (TPSA) is 78.8 Å². The minimum atomic E-state index is -0.417. The van der Waals surface area contributed by atoms with Crippen molar-refractivity contribution in [2.75, 3.05) is 7.05 Å². The summed E-state index contributed by atoms with van der Waals surface area (Å²) in [5, 5.41) is 2.30. The van der Waals surface area contributed by atoms with Gasteiger partial charge in [0, 0.05) is 19.0 Å². The molecule has 1 fully saturated rings. The summed E-state index contributed by atoms with van der Waals surface area (Å²) < 4.78 is 0. The Bertz CT molecular complexity index is 508. The summed E-state index contributed by atoms with van der Waals surface area (Å²) >= 11 is 0. The fourth-order valence-corrected chi connectivity index (χ4v) is 2.02. The summed E-state index contributed by atoms with van der Waals surface area (Å²) in [5.41, 5.74) is 1.08. The normalized spacial score (nSPS) is 17.8. The first kappa shape index (κ1) is 25.0. The maximum atomic E-state index is 11.7. The second-order valence-electron chi connectivity index (χ2n) is 4.74. The molecule has 1 rings (SSSR count). The minimum Gasteiger partial charge on any atom is -0.354 e. The van der Waals surface area contributed by atoms with Crippen LogP contribution in [-0.2, 0) is 14.4 Å². The zero-order valence-corrected chi connectivity index (χ0v) is 16.6. The van der Waals surface area contributed by atoms with Crippen LogP contribution in [0.1, 0.15) is 60.8 Å². The lowest BCUT2D eigenvalue weighted by Gasteiger charge is -2.27. The van der Waals surface area contributed by atoms with E-state index in [0.717, 1.165) is 12.7 Å². The Hall–Kier alpha value is -2.24. The molecule has 1 aliphatic heterocycles. The highest BCUT2D eigenvalue weighted by Gasteiger charge is 2.28. The monoisotopic (exact) mass is 351 g/mol. The number of likely N-dealkylation sites (N-methyl/N-ethyl adjacent to an activating group) is 1. The van der Waals surface area contributed by atoms with Crippen LogP contribution in [-0.4, -0.2) is 42.4 Å². The van der Waals surface area contributed by atoms with Crippen LogP contribution in [0.5, 0.6) is 0 Å². The standard InChI is InChI=1S/C15H21N3O3.2C2H6/c1-4-6-12(11(5-2)9-19)16-10-18(3)13-7-8-14(20)17-15(13)21;2*1-2/h5-6,9-10,13H,4,7-8H2,1-3H3,(H,17,20,21);2*1-2H3/b11-5-,12-6+,16-10?;;. The predicted molar refractivity (Wildman–Crippen MR) is 103 cm³/mol. The van der Waals surface area contributed by atoms with Gasteiger partial charge in [-0.15, -0.1) is 0 Å². The summed E-state index contributed by atoms with van der Waals surface area (Å²) in [6.07, 6.45) is 7.35. The van der Waals surface area contributed by atoms with Gasteiger partial charge in [0.25, 0.3) is 0 Å². The van der Waals surface area contributed by atoms with Gasteiger partial charge in [-0.3, -0.25) is 19.7 Å². The number of nitrogens with zero attached hydrogens (tertiary/aromatic N) is 2. The molecule has 2 amide bonds. The molecular weight excluding hydrogens is 318 g/mol. The molecule has 25 heavy (non-hydrogen) atoms. The van der Waals surface area contributed by atoms with E-state index in [9.17, 15) is 14.4 Å². The van der Waals surface area contributed by atoms with Crippen molar-refractivity contribution in [3.63, 3.8) is 0 Å². The van der Waals surface area contributed by atoms with E-state index >= 15 is 0 Å². The number of hydrogen-bond donors (Lipinski definition) is 1. The molecule has 0 radical (unpaired) electrons. The van der Waals surface area contributed by atoms with Crippen molar-refractivity contribution in [2.45, 2.75) is 66.8 Å². The lowest BCUT2D eigenvalue weighted by Crippen LogP contribution is -2.50. The third-order valence-electron chi connectivity index (χ3n) is 3.21. The molecule has 1 saturated heterocycles. The number of rotatable bonds is 6. The van der Waals surface area contributed by atoms with Gasteiger partial charge < -0.3 is 4.90 Å². The van der Waals surface area contributed by atoms with Crippen LogP contribution in [0.2, 0.25) is 0 Å². The number of allylic oxidation sites excluding steroid dienone is 3. The Morgan fingerprint density at radius 2 is 1.88 bits per heavy atom. The van der Waals surface area contributed by atoms with Gasteiger partial charge in [0.05, 0.1) is 12.0 Å². The highest BCUT2D eigenvalue weighted by Crippen LogP contribution is 2.12. The average molecular weight is 351 g/mol. The smallest absolute Gasteiger partial charge is 0.249 e. The maximum Gasteiger partial charge on any atom is 0.249 e. The number of aliphatic imine (C=N–C) groups is 1. The molecule has 0 aromatic rings. The first-order chi connectivity index (χ1) is 12.0. The number of hydrogen-bond acceptors (Lipinski definition) is 4. The van der Waals surface area contributed by atoms with Gasteiger partial charge >= 0.3 is 0 Å². The van der Waals surface area contributed by atoms with Gasteiger partial charge in [-0.25, -0.2) is 4.99 Å². The fraction of sp³-hybridized carbons (Fsp3) is 0.579. The second-order valence-corrected chi connectivity index (χ2v) is 4.74. The average Bonchev–Trinajstić information content (AvgIpc) is 2.63. The van der Waals surface area contributed by atoms with Crippen molar-refractivity contribution in [1.29, 1.82) is 0 Å². The van der Waals surface area contributed by atoms with Gasteiger partial charge in [-0.2, -0.15) is 0 Å². The molecule has 0 bridgehead atoms. The van der Waals surface area contributed by atoms with E-state index in [0.29, 0.717) is 24.1 Å². The first-order valence-electron chi connectivity index (χ1n) is 8.95. The Morgan fingerprint density at radius 3 is 2.32 bits per heavy atom.